The van der Waals surface area contributed by atoms with Crippen LogP contribution < -0.4 is 5.32 Å². The smallest absolute Gasteiger partial charge is 0.229 e. The zero-order chi connectivity index (χ0) is 45.1. The second-order valence-electron chi connectivity index (χ2n) is 22.3. The maximum absolute atomic E-state index is 14.8. The monoisotopic (exact) mass is 877 g/mol. The van der Waals surface area contributed by atoms with Crippen LogP contribution in [-0.2, 0) is 25.5 Å². The minimum absolute atomic E-state index is 0.0419. The van der Waals surface area contributed by atoms with Crippen LogP contribution in [-0.4, -0.2) is 147 Å². The van der Waals surface area contributed by atoms with Crippen LogP contribution >= 0.6 is 0 Å². The molecule has 2 aliphatic heterocycles. The lowest BCUT2D eigenvalue weighted by molar-refractivity contribution is -0.347. The molecule has 4 saturated carbocycles. The highest BCUT2D eigenvalue weighted by atomic mass is 16.7. The number of amides is 1. The molecule has 6 fully saturated rings. The van der Waals surface area contributed by atoms with Gasteiger partial charge in [-0.25, -0.2) is 4.68 Å². The third-order valence-corrected chi connectivity index (χ3v) is 18.3. The van der Waals surface area contributed by atoms with E-state index < -0.39 is 86.1 Å². The summed E-state index contributed by atoms with van der Waals surface area (Å²) in [6, 6.07) is 0. The first-order chi connectivity index (χ1) is 29.0. The van der Waals surface area contributed by atoms with E-state index in [1.54, 1.807) is 0 Å². The Kier molecular flexibility index (Phi) is 12.0. The molecule has 5 aliphatic carbocycles. The van der Waals surface area contributed by atoms with Crippen LogP contribution in [0.3, 0.4) is 0 Å². The first-order valence-electron chi connectivity index (χ1n) is 22.8. The Morgan fingerprint density at radius 3 is 2.21 bits per heavy atom. The number of hydrogen-bond donors (Lipinski definition) is 10. The van der Waals surface area contributed by atoms with Gasteiger partial charge in [-0.3, -0.25) is 4.79 Å². The van der Waals surface area contributed by atoms with Gasteiger partial charge in [0.05, 0.1) is 43.6 Å². The zero-order valence-corrected chi connectivity index (χ0v) is 37.3. The molecular weight excluding hydrogens is 805 g/mol. The molecule has 17 heteroatoms. The summed E-state index contributed by atoms with van der Waals surface area (Å²) in [6.45, 7) is 14.8. The standard InChI is InChI=1S/C45H72N4O13/c1-40(2)14-15-45(24(16-40)23-8-9-28-42(5)12-11-29(52)41(3,4)27(42)10-13-43(28,6)44(23,7)17-30(45)53)39(59)46-18-22-19-49(48-47-22)37-34(57)33(56)36(26(21-51)60-37)62-38-35(58)32(55)31(54)25(20-50)61-38/h8,19,24-38,50-58H,9-18,20-21H2,1-7H3,(H,46,59)/t24-,25+,26+,27-,28+,29-,30+,31-,32-,33+,34+,35+,36+,37+,38-,42-,43+,44+,45+/m0/s1. The molecule has 1 amide bonds. The van der Waals surface area contributed by atoms with E-state index in [4.69, 9.17) is 14.2 Å². The molecule has 10 N–H and O–H groups in total. The maximum atomic E-state index is 14.8. The number of nitrogens with one attached hydrogen (secondary N) is 1. The van der Waals surface area contributed by atoms with Gasteiger partial charge in [-0.05, 0) is 103 Å². The Morgan fingerprint density at radius 1 is 0.806 bits per heavy atom. The molecule has 1 aromatic rings. The van der Waals surface area contributed by atoms with Gasteiger partial charge in [0.1, 0.15) is 54.5 Å². The van der Waals surface area contributed by atoms with Crippen molar-refractivity contribution >= 4 is 5.91 Å². The topological polar surface area (TPSA) is 270 Å². The average Bonchev–Trinajstić information content (AvgIpc) is 3.69. The zero-order valence-electron chi connectivity index (χ0n) is 37.3. The van der Waals surface area contributed by atoms with Gasteiger partial charge in [0.15, 0.2) is 12.5 Å². The lowest BCUT2D eigenvalue weighted by Gasteiger charge is -2.71. The first kappa shape index (κ1) is 46.4. The van der Waals surface area contributed by atoms with E-state index in [2.05, 4.69) is 70.2 Å². The predicted octanol–water partition coefficient (Wildman–Crippen LogP) is 0.824. The average molecular weight is 877 g/mol. The van der Waals surface area contributed by atoms with Gasteiger partial charge in [-0.1, -0.05) is 65.3 Å². The number of aromatic nitrogens is 3. The third kappa shape index (κ3) is 6.89. The summed E-state index contributed by atoms with van der Waals surface area (Å²) in [5.41, 5.74) is -0.0486. The van der Waals surface area contributed by atoms with Crippen LogP contribution in [0.25, 0.3) is 0 Å². The van der Waals surface area contributed by atoms with Crippen molar-refractivity contribution in [1.82, 2.24) is 20.3 Å². The molecule has 0 unspecified atom stereocenters. The number of hydrogen-bond acceptors (Lipinski definition) is 15. The largest absolute Gasteiger partial charge is 0.394 e. The minimum Gasteiger partial charge on any atom is -0.394 e. The lowest BCUT2D eigenvalue weighted by Crippen LogP contribution is -2.68. The van der Waals surface area contributed by atoms with E-state index in [9.17, 15) is 50.8 Å². The van der Waals surface area contributed by atoms with Gasteiger partial charge in [0.2, 0.25) is 5.91 Å². The van der Waals surface area contributed by atoms with Crippen LogP contribution in [0.5, 0.6) is 0 Å². The van der Waals surface area contributed by atoms with Crippen LogP contribution in [0.4, 0.5) is 0 Å². The number of aliphatic hydroxyl groups excluding tert-OH is 9. The molecule has 1 aromatic heterocycles. The molecule has 17 nitrogen and oxygen atoms in total. The van der Waals surface area contributed by atoms with Gasteiger partial charge in [0.25, 0.3) is 0 Å². The Hall–Kier alpha value is -2.13. The molecule has 62 heavy (non-hydrogen) atoms. The van der Waals surface area contributed by atoms with E-state index in [-0.39, 0.29) is 51.5 Å². The van der Waals surface area contributed by atoms with E-state index in [1.807, 2.05) is 0 Å². The molecule has 7 aliphatic rings. The summed E-state index contributed by atoms with van der Waals surface area (Å²) in [6.07, 6.45) is -5.75. The Labute approximate surface area is 363 Å². The number of aliphatic hydroxyl groups is 9. The molecule has 0 bridgehead atoms. The summed E-state index contributed by atoms with van der Waals surface area (Å²) >= 11 is 0. The van der Waals surface area contributed by atoms with E-state index in [0.717, 1.165) is 44.9 Å². The fraction of sp³-hybridized carbons (Fsp3) is 0.889. The van der Waals surface area contributed by atoms with Gasteiger partial charge < -0.3 is 65.5 Å². The molecule has 19 atom stereocenters. The van der Waals surface area contributed by atoms with E-state index in [0.29, 0.717) is 30.4 Å². The number of carbonyl (C=O) groups excluding carboxylic acids is 1. The number of fused-ring (bicyclic) bond motifs is 7. The van der Waals surface area contributed by atoms with Crippen molar-refractivity contribution in [2.75, 3.05) is 13.2 Å². The van der Waals surface area contributed by atoms with Crippen molar-refractivity contribution in [2.45, 2.75) is 186 Å². The molecular formula is C45H72N4O13. The Bertz CT molecular complexity index is 1860. The van der Waals surface area contributed by atoms with Crippen molar-refractivity contribution in [3.05, 3.63) is 23.5 Å². The number of carbonyl (C=O) groups is 1. The lowest BCUT2D eigenvalue weighted by atomic mass is 9.33. The second kappa shape index (κ2) is 16.0. The number of nitrogens with zero attached hydrogens (tertiary/aromatic N) is 3. The van der Waals surface area contributed by atoms with E-state index in [1.165, 1.54) is 16.5 Å². The van der Waals surface area contributed by atoms with Gasteiger partial charge in [0, 0.05) is 0 Å². The van der Waals surface area contributed by atoms with Crippen molar-refractivity contribution in [3.63, 3.8) is 0 Å². The van der Waals surface area contributed by atoms with Crippen molar-refractivity contribution < 1.29 is 65.0 Å². The Morgan fingerprint density at radius 2 is 1.52 bits per heavy atom. The fourth-order valence-electron chi connectivity index (χ4n) is 14.4. The summed E-state index contributed by atoms with van der Waals surface area (Å²) in [4.78, 5) is 14.8. The van der Waals surface area contributed by atoms with Gasteiger partial charge >= 0.3 is 0 Å². The second-order valence-corrected chi connectivity index (χ2v) is 22.3. The number of rotatable bonds is 8. The van der Waals surface area contributed by atoms with Gasteiger partial charge in [-0.2, -0.15) is 0 Å². The highest BCUT2D eigenvalue weighted by molar-refractivity contribution is 5.85. The predicted molar refractivity (Wildman–Crippen MR) is 220 cm³/mol. The number of ether oxygens (including phenoxy) is 3. The Balaban J connectivity index is 0.994. The molecule has 3 heterocycles. The van der Waals surface area contributed by atoms with E-state index >= 15 is 0 Å². The van der Waals surface area contributed by atoms with Crippen LogP contribution in [0.15, 0.2) is 17.8 Å². The molecule has 0 spiro atoms. The van der Waals surface area contributed by atoms with Crippen molar-refractivity contribution in [3.8, 4) is 0 Å². The summed E-state index contributed by atoms with van der Waals surface area (Å²) in [5, 5.41) is 108. The molecule has 2 saturated heterocycles. The molecule has 350 valence electrons. The highest BCUT2D eigenvalue weighted by Gasteiger charge is 2.71. The number of allylic oxidation sites excluding steroid dienone is 2. The van der Waals surface area contributed by atoms with Crippen LogP contribution in [0.2, 0.25) is 0 Å². The van der Waals surface area contributed by atoms with Crippen LogP contribution in [0.1, 0.15) is 118 Å². The fourth-order valence-corrected chi connectivity index (χ4v) is 14.4. The third-order valence-electron chi connectivity index (χ3n) is 18.3. The quantitative estimate of drug-likeness (QED) is 0.162. The SMILES string of the molecule is CC1(C)CC[C@]2(C(=O)NCc3cn([C@@H]4O[C@H](CO)[C@@H](O[C@@H]5O[C@H](CO)[C@H](O)[C@H](O)[C@H]5O)[C@H](O)[C@H]4O)nn3)[C@H](O)C[C@]3(C)C(=CC[C@@H]4[C@@]5(C)CC[C@H](O)C(C)(C)[C@@H]5CC[C@]43C)[C@@H]2C1. The van der Waals surface area contributed by atoms with Crippen molar-refractivity contribution in [2.24, 2.45) is 50.2 Å². The maximum Gasteiger partial charge on any atom is 0.229 e. The molecule has 0 aromatic carbocycles. The highest BCUT2D eigenvalue weighted by Crippen LogP contribution is 2.75. The first-order valence-corrected chi connectivity index (χ1v) is 22.8. The summed E-state index contributed by atoms with van der Waals surface area (Å²) < 4.78 is 18.2. The summed E-state index contributed by atoms with van der Waals surface area (Å²) in [7, 11) is 0. The van der Waals surface area contributed by atoms with Crippen molar-refractivity contribution in [1.29, 1.82) is 0 Å². The summed E-state index contributed by atoms with van der Waals surface area (Å²) in [5.74, 6) is 0.352. The normalized spacial score (nSPS) is 49.7. The molecule has 8 rings (SSSR count). The minimum atomic E-state index is -1.79. The van der Waals surface area contributed by atoms with Crippen LogP contribution in [0, 0.1) is 50.2 Å². The molecule has 0 radical (unpaired) electrons. The van der Waals surface area contributed by atoms with Gasteiger partial charge in [-0.15, -0.1) is 5.10 Å².